The van der Waals surface area contributed by atoms with E-state index in [-0.39, 0.29) is 18.9 Å². The summed E-state index contributed by atoms with van der Waals surface area (Å²) in [4.78, 5) is 24.0. The molecule has 1 unspecified atom stereocenters. The van der Waals surface area contributed by atoms with Gasteiger partial charge in [0.1, 0.15) is 17.2 Å². The monoisotopic (exact) mass is 504 g/mol. The molecule has 1 aliphatic heterocycles. The molecule has 0 radical (unpaired) electrons. The maximum atomic E-state index is 12.1. The minimum atomic E-state index is -0.519. The van der Waals surface area contributed by atoms with Crippen LogP contribution in [0.2, 0.25) is 0 Å². The van der Waals surface area contributed by atoms with Crippen molar-refractivity contribution in [3.63, 3.8) is 0 Å². The largest absolute Gasteiger partial charge is 0.467 e. The van der Waals surface area contributed by atoms with E-state index in [1.807, 2.05) is 70.4 Å². The van der Waals surface area contributed by atoms with Gasteiger partial charge in [0.15, 0.2) is 6.79 Å². The highest BCUT2D eigenvalue weighted by molar-refractivity contribution is 5.89. The van der Waals surface area contributed by atoms with Crippen molar-refractivity contribution < 1.29 is 19.0 Å². The van der Waals surface area contributed by atoms with E-state index >= 15 is 0 Å². The minimum Gasteiger partial charge on any atom is -0.467 e. The Morgan fingerprint density at radius 1 is 1.11 bits per heavy atom. The molecule has 5 rings (SSSR count). The van der Waals surface area contributed by atoms with Gasteiger partial charge in [-0.1, -0.05) is 0 Å². The molecule has 1 aliphatic rings. The zero-order valence-electron chi connectivity index (χ0n) is 21.8. The molecule has 1 atom stereocenters. The van der Waals surface area contributed by atoms with Gasteiger partial charge in [0.05, 0.1) is 28.3 Å². The number of aryl methyl sites for hydroxylation is 1. The standard InChI is InChI=1S/C27H32N6O4/c1-27(2,3)37-26(34)28-18-10-11-33(15-18)25-9-8-21-22(30-25)7-6-20(29-21)19-12-17-14-32(4)31-23(17)13-24(19)36-16-35-5/h6-9,12-14,18H,10-11,15-16H2,1-5H3,(H,28,34). The predicted molar refractivity (Wildman–Crippen MR) is 142 cm³/mol. The number of pyridine rings is 2. The number of hydrogen-bond donors (Lipinski definition) is 1. The Morgan fingerprint density at radius 2 is 1.89 bits per heavy atom. The Labute approximate surface area is 215 Å². The number of rotatable bonds is 6. The summed E-state index contributed by atoms with van der Waals surface area (Å²) in [6.45, 7) is 7.18. The Bertz CT molecular complexity index is 1440. The van der Waals surface area contributed by atoms with E-state index < -0.39 is 5.60 Å². The molecule has 0 bridgehead atoms. The molecule has 4 aromatic rings. The fraction of sp³-hybridized carbons (Fsp3) is 0.407. The van der Waals surface area contributed by atoms with Crippen molar-refractivity contribution in [2.24, 2.45) is 7.05 Å². The first kappa shape index (κ1) is 24.8. The van der Waals surface area contributed by atoms with Crippen molar-refractivity contribution in [1.82, 2.24) is 25.1 Å². The van der Waals surface area contributed by atoms with Crippen LogP contribution in [0.4, 0.5) is 10.6 Å². The molecule has 194 valence electrons. The lowest BCUT2D eigenvalue weighted by atomic mass is 10.1. The number of nitrogens with one attached hydrogen (secondary N) is 1. The molecule has 10 heteroatoms. The van der Waals surface area contributed by atoms with Gasteiger partial charge in [0.25, 0.3) is 0 Å². The van der Waals surface area contributed by atoms with Gasteiger partial charge in [-0.05, 0) is 57.5 Å². The molecule has 0 saturated carbocycles. The van der Waals surface area contributed by atoms with Crippen LogP contribution in [-0.2, 0) is 16.5 Å². The van der Waals surface area contributed by atoms with Crippen molar-refractivity contribution in [1.29, 1.82) is 0 Å². The van der Waals surface area contributed by atoms with Crippen LogP contribution in [0.25, 0.3) is 33.2 Å². The van der Waals surface area contributed by atoms with Crippen molar-refractivity contribution in [3.8, 4) is 17.0 Å². The topological polar surface area (TPSA) is 104 Å². The normalized spacial score (nSPS) is 15.9. The predicted octanol–water partition coefficient (Wildman–Crippen LogP) is 4.27. The van der Waals surface area contributed by atoms with Gasteiger partial charge in [-0.3, -0.25) is 4.68 Å². The number of carbonyl (C=O) groups is 1. The molecule has 37 heavy (non-hydrogen) atoms. The third kappa shape index (κ3) is 5.59. The molecule has 1 N–H and O–H groups in total. The van der Waals surface area contributed by atoms with Crippen LogP contribution in [-0.4, -0.2) is 64.5 Å². The smallest absolute Gasteiger partial charge is 0.407 e. The van der Waals surface area contributed by atoms with Crippen LogP contribution in [0.15, 0.2) is 42.6 Å². The number of aromatic nitrogens is 4. The molecule has 4 heterocycles. The van der Waals surface area contributed by atoms with Crippen LogP contribution in [0, 0.1) is 0 Å². The van der Waals surface area contributed by atoms with Crippen LogP contribution >= 0.6 is 0 Å². The highest BCUT2D eigenvalue weighted by Crippen LogP contribution is 2.34. The second-order valence-corrected chi connectivity index (χ2v) is 10.2. The maximum absolute atomic E-state index is 12.1. The quantitative estimate of drug-likeness (QED) is 0.388. The number of anilines is 1. The lowest BCUT2D eigenvalue weighted by Crippen LogP contribution is -2.40. The summed E-state index contributed by atoms with van der Waals surface area (Å²) in [7, 11) is 3.48. The van der Waals surface area contributed by atoms with Crippen molar-refractivity contribution >= 4 is 33.8 Å². The van der Waals surface area contributed by atoms with Gasteiger partial charge >= 0.3 is 6.09 Å². The van der Waals surface area contributed by atoms with E-state index in [9.17, 15) is 4.79 Å². The summed E-state index contributed by atoms with van der Waals surface area (Å²) in [5.41, 5.74) is 3.55. The Balaban J connectivity index is 1.36. The molecular weight excluding hydrogens is 472 g/mol. The molecule has 0 aliphatic carbocycles. The van der Waals surface area contributed by atoms with E-state index in [4.69, 9.17) is 24.2 Å². The lowest BCUT2D eigenvalue weighted by Gasteiger charge is -2.22. The summed E-state index contributed by atoms with van der Waals surface area (Å²) in [5, 5.41) is 8.44. The zero-order chi connectivity index (χ0) is 26.2. The van der Waals surface area contributed by atoms with E-state index in [1.54, 1.807) is 11.8 Å². The van der Waals surface area contributed by atoms with Crippen molar-refractivity contribution in [3.05, 3.63) is 42.6 Å². The summed E-state index contributed by atoms with van der Waals surface area (Å²) in [5.74, 6) is 1.52. The SMILES string of the molecule is COCOc1cc2nn(C)cc2cc1-c1ccc2nc(N3CCC(NC(=O)OC(C)(C)C)C3)ccc2n1. The van der Waals surface area contributed by atoms with Crippen molar-refractivity contribution in [2.75, 3.05) is 31.9 Å². The van der Waals surface area contributed by atoms with Gasteiger partial charge < -0.3 is 24.4 Å². The van der Waals surface area contributed by atoms with Gasteiger partial charge in [-0.15, -0.1) is 0 Å². The first-order valence-corrected chi connectivity index (χ1v) is 12.3. The number of amides is 1. The summed E-state index contributed by atoms with van der Waals surface area (Å²) < 4.78 is 18.1. The Morgan fingerprint density at radius 3 is 2.68 bits per heavy atom. The van der Waals surface area contributed by atoms with Crippen LogP contribution in [0.3, 0.4) is 0 Å². The highest BCUT2D eigenvalue weighted by atomic mass is 16.7. The number of methoxy groups -OCH3 is 1. The molecule has 1 aromatic carbocycles. The molecule has 0 spiro atoms. The van der Waals surface area contributed by atoms with Crippen molar-refractivity contribution in [2.45, 2.75) is 38.8 Å². The third-order valence-corrected chi connectivity index (χ3v) is 6.09. The molecule has 1 fully saturated rings. The highest BCUT2D eigenvalue weighted by Gasteiger charge is 2.27. The number of nitrogens with zero attached hydrogens (tertiary/aromatic N) is 5. The second-order valence-electron chi connectivity index (χ2n) is 10.2. The van der Waals surface area contributed by atoms with Gasteiger partial charge in [-0.25, -0.2) is 14.8 Å². The number of fused-ring (bicyclic) bond motifs is 2. The average Bonchev–Trinajstić information content (AvgIpc) is 3.45. The molecule has 1 amide bonds. The van der Waals surface area contributed by atoms with Crippen LogP contribution in [0.1, 0.15) is 27.2 Å². The van der Waals surface area contributed by atoms with Crippen LogP contribution < -0.4 is 15.0 Å². The van der Waals surface area contributed by atoms with Gasteiger partial charge in [0, 0.05) is 50.5 Å². The van der Waals surface area contributed by atoms with Gasteiger partial charge in [-0.2, -0.15) is 5.10 Å². The lowest BCUT2D eigenvalue weighted by molar-refractivity contribution is 0.0507. The first-order valence-electron chi connectivity index (χ1n) is 12.3. The fourth-order valence-corrected chi connectivity index (χ4v) is 4.50. The zero-order valence-corrected chi connectivity index (χ0v) is 21.8. The number of benzene rings is 1. The van der Waals surface area contributed by atoms with E-state index in [1.165, 1.54) is 0 Å². The summed E-state index contributed by atoms with van der Waals surface area (Å²) in [6, 6.07) is 11.8. The third-order valence-electron chi connectivity index (χ3n) is 6.09. The summed E-state index contributed by atoms with van der Waals surface area (Å²) >= 11 is 0. The van der Waals surface area contributed by atoms with E-state index in [0.717, 1.165) is 52.0 Å². The van der Waals surface area contributed by atoms with Crippen LogP contribution in [0.5, 0.6) is 5.75 Å². The number of ether oxygens (including phenoxy) is 3. The second kappa shape index (κ2) is 9.85. The number of hydrogen-bond acceptors (Lipinski definition) is 8. The molecular formula is C27H32N6O4. The first-order chi connectivity index (χ1) is 17.7. The van der Waals surface area contributed by atoms with Gasteiger partial charge in [0.2, 0.25) is 0 Å². The Kier molecular flexibility index (Phi) is 6.59. The number of alkyl carbamates (subject to hydrolysis) is 1. The van der Waals surface area contributed by atoms with E-state index in [2.05, 4.69) is 15.3 Å². The Hall–Kier alpha value is -3.92. The van der Waals surface area contributed by atoms with E-state index in [0.29, 0.717) is 12.3 Å². The fourth-order valence-electron chi connectivity index (χ4n) is 4.50. The molecule has 10 nitrogen and oxygen atoms in total. The minimum absolute atomic E-state index is 0.0146. The molecule has 1 saturated heterocycles. The molecule has 3 aromatic heterocycles. The number of carbonyl (C=O) groups excluding carboxylic acids is 1. The maximum Gasteiger partial charge on any atom is 0.407 e. The summed E-state index contributed by atoms with van der Waals surface area (Å²) in [6.07, 6.45) is 2.41. The average molecular weight is 505 g/mol.